The van der Waals surface area contributed by atoms with Crippen molar-refractivity contribution in [2.24, 2.45) is 0 Å². The first-order valence-corrected chi connectivity index (χ1v) is 8.06. The highest BCUT2D eigenvalue weighted by molar-refractivity contribution is 5.46. The Balaban J connectivity index is 2.13. The summed E-state index contributed by atoms with van der Waals surface area (Å²) in [6, 6.07) is 8.02. The Morgan fingerprint density at radius 2 is 2.00 bits per heavy atom. The van der Waals surface area contributed by atoms with Crippen molar-refractivity contribution in [1.82, 2.24) is 15.0 Å². The first-order chi connectivity index (χ1) is 11.5. The van der Waals surface area contributed by atoms with E-state index in [0.717, 1.165) is 35.8 Å². The summed E-state index contributed by atoms with van der Waals surface area (Å²) in [4.78, 5) is 4.29. The van der Waals surface area contributed by atoms with Gasteiger partial charge in [0.2, 0.25) is 0 Å². The van der Waals surface area contributed by atoms with Gasteiger partial charge in [0.1, 0.15) is 18.6 Å². The van der Waals surface area contributed by atoms with Crippen molar-refractivity contribution < 1.29 is 14.0 Å². The van der Waals surface area contributed by atoms with Gasteiger partial charge in [0.15, 0.2) is 11.5 Å². The Hall–Kier alpha value is -2.05. The van der Waals surface area contributed by atoms with Gasteiger partial charge in [-0.1, -0.05) is 17.3 Å². The maximum absolute atomic E-state index is 6.01. The lowest BCUT2D eigenvalue weighted by molar-refractivity contribution is 0.224. The zero-order valence-electron chi connectivity index (χ0n) is 15.2. The normalized spacial score (nSPS) is 12.6. The summed E-state index contributed by atoms with van der Waals surface area (Å²) in [5.41, 5.74) is 2.00. The number of ether oxygens (including phenoxy) is 2. The first-order valence-electron chi connectivity index (χ1n) is 8.06. The Morgan fingerprint density at radius 1 is 1.21 bits per heavy atom. The van der Waals surface area contributed by atoms with Crippen LogP contribution in [-0.4, -0.2) is 56.4 Å². The van der Waals surface area contributed by atoms with Gasteiger partial charge in [-0.05, 0) is 34.1 Å². The lowest BCUT2D eigenvalue weighted by Crippen LogP contribution is -2.23. The van der Waals surface area contributed by atoms with Gasteiger partial charge in [0.05, 0.1) is 13.2 Å². The molecule has 0 unspecified atom stereocenters. The summed E-state index contributed by atoms with van der Waals surface area (Å²) < 4.78 is 16.4. The van der Waals surface area contributed by atoms with E-state index < -0.39 is 0 Å². The Morgan fingerprint density at radius 3 is 2.62 bits per heavy atom. The topological polar surface area (TPSA) is 51.0 Å². The van der Waals surface area contributed by atoms with Gasteiger partial charge < -0.3 is 18.9 Å². The van der Waals surface area contributed by atoms with E-state index >= 15 is 0 Å². The minimum Gasteiger partial charge on any atom is -0.493 e. The highest BCUT2D eigenvalue weighted by Gasteiger charge is 2.18. The summed E-state index contributed by atoms with van der Waals surface area (Å²) in [5, 5.41) is 4.03. The minimum atomic E-state index is 0.143. The molecular weight excluding hydrogens is 306 g/mol. The fourth-order valence-corrected chi connectivity index (χ4v) is 2.41. The zero-order chi connectivity index (χ0) is 17.5. The predicted molar refractivity (Wildman–Crippen MR) is 93.4 cm³/mol. The highest BCUT2D eigenvalue weighted by Crippen LogP contribution is 2.33. The van der Waals surface area contributed by atoms with Gasteiger partial charge in [0.25, 0.3) is 0 Å². The summed E-state index contributed by atoms with van der Waals surface area (Å²) in [6.45, 7) is 4.29. The van der Waals surface area contributed by atoms with Crippen LogP contribution in [0.25, 0.3) is 0 Å². The van der Waals surface area contributed by atoms with Crippen molar-refractivity contribution >= 4 is 0 Å². The van der Waals surface area contributed by atoms with E-state index in [2.05, 4.69) is 35.0 Å². The number of methoxy groups -OCH3 is 1. The first kappa shape index (κ1) is 18.3. The van der Waals surface area contributed by atoms with Crippen LogP contribution in [0.2, 0.25) is 0 Å². The molecule has 0 radical (unpaired) electrons. The van der Waals surface area contributed by atoms with E-state index in [1.54, 1.807) is 13.4 Å². The van der Waals surface area contributed by atoms with Crippen LogP contribution in [0.15, 0.2) is 35.1 Å². The van der Waals surface area contributed by atoms with Crippen molar-refractivity contribution in [3.63, 3.8) is 0 Å². The van der Waals surface area contributed by atoms with E-state index in [1.807, 2.05) is 32.3 Å². The molecule has 132 valence electrons. The molecule has 6 heteroatoms. The molecule has 1 aromatic carbocycles. The third kappa shape index (κ3) is 4.72. The fourth-order valence-electron chi connectivity index (χ4n) is 2.41. The van der Waals surface area contributed by atoms with Crippen LogP contribution in [0.5, 0.6) is 11.5 Å². The maximum atomic E-state index is 6.01. The molecule has 24 heavy (non-hydrogen) atoms. The van der Waals surface area contributed by atoms with E-state index in [9.17, 15) is 0 Å². The van der Waals surface area contributed by atoms with E-state index in [0.29, 0.717) is 6.61 Å². The molecule has 1 aromatic heterocycles. The molecule has 1 atom stereocenters. The number of aromatic nitrogens is 1. The van der Waals surface area contributed by atoms with Crippen LogP contribution >= 0.6 is 0 Å². The number of hydrogen-bond donors (Lipinski definition) is 0. The maximum Gasteiger partial charge on any atom is 0.165 e. The van der Waals surface area contributed by atoms with Crippen molar-refractivity contribution in [1.29, 1.82) is 0 Å². The predicted octanol–water partition coefficient (Wildman–Crippen LogP) is 2.82. The van der Waals surface area contributed by atoms with Crippen LogP contribution < -0.4 is 9.47 Å². The summed E-state index contributed by atoms with van der Waals surface area (Å²) in [5.74, 6) is 1.56. The molecule has 0 saturated heterocycles. The molecule has 2 aromatic rings. The van der Waals surface area contributed by atoms with Crippen LogP contribution in [0, 0.1) is 0 Å². The van der Waals surface area contributed by atoms with Crippen LogP contribution in [0.1, 0.15) is 24.2 Å². The fraction of sp³-hybridized carbons (Fsp3) is 0.500. The molecule has 6 nitrogen and oxygen atoms in total. The second-order valence-corrected chi connectivity index (χ2v) is 6.12. The van der Waals surface area contributed by atoms with Gasteiger partial charge in [-0.25, -0.2) is 0 Å². The quantitative estimate of drug-likeness (QED) is 0.703. The summed E-state index contributed by atoms with van der Waals surface area (Å²) in [6.07, 6.45) is 1.60. The minimum absolute atomic E-state index is 0.143. The van der Waals surface area contributed by atoms with E-state index in [-0.39, 0.29) is 6.04 Å². The molecule has 0 spiro atoms. The molecular formula is C18H27N3O3. The molecule has 0 amide bonds. The van der Waals surface area contributed by atoms with Crippen molar-refractivity contribution in [3.8, 4) is 11.5 Å². The summed E-state index contributed by atoms with van der Waals surface area (Å²) in [7, 11) is 7.78. The molecule has 0 aliphatic carbocycles. The zero-order valence-corrected chi connectivity index (χ0v) is 15.2. The molecule has 2 rings (SSSR count). The molecule has 0 saturated carbocycles. The van der Waals surface area contributed by atoms with Crippen LogP contribution in [-0.2, 0) is 6.54 Å². The van der Waals surface area contributed by atoms with Gasteiger partial charge >= 0.3 is 0 Å². The van der Waals surface area contributed by atoms with Gasteiger partial charge in [0, 0.05) is 24.7 Å². The molecule has 1 heterocycles. The molecule has 0 aliphatic rings. The SMILES string of the molecule is COc1cccc(CN(C)[C@@H](C)c2ccon2)c1OCCN(C)C. The summed E-state index contributed by atoms with van der Waals surface area (Å²) >= 11 is 0. The number of para-hydroxylation sites is 1. The third-order valence-corrected chi connectivity index (χ3v) is 4.03. The third-order valence-electron chi connectivity index (χ3n) is 4.03. The molecule has 0 fully saturated rings. The Labute approximate surface area is 143 Å². The lowest BCUT2D eigenvalue weighted by Gasteiger charge is -2.25. The van der Waals surface area contributed by atoms with Crippen molar-refractivity contribution in [2.45, 2.75) is 19.5 Å². The lowest BCUT2D eigenvalue weighted by atomic mass is 10.1. The molecule has 0 N–H and O–H groups in total. The Bertz CT molecular complexity index is 614. The second kappa shape index (κ2) is 8.70. The monoisotopic (exact) mass is 333 g/mol. The number of likely N-dealkylation sites (N-methyl/N-ethyl adjacent to an activating group) is 1. The van der Waals surface area contributed by atoms with Gasteiger partial charge in [-0.3, -0.25) is 4.90 Å². The average molecular weight is 333 g/mol. The largest absolute Gasteiger partial charge is 0.493 e. The standard InChI is InChI=1S/C18H27N3O3/c1-14(16-9-11-24-19-16)21(4)13-15-7-6-8-17(22-5)18(15)23-12-10-20(2)3/h6-9,11,14H,10,12-13H2,1-5H3/t14-/m0/s1. The number of rotatable bonds is 9. The van der Waals surface area contributed by atoms with Gasteiger partial charge in [-0.15, -0.1) is 0 Å². The number of hydrogen-bond acceptors (Lipinski definition) is 6. The van der Waals surface area contributed by atoms with Crippen LogP contribution in [0.3, 0.4) is 0 Å². The number of nitrogens with zero attached hydrogens (tertiary/aromatic N) is 3. The Kier molecular flexibility index (Phi) is 6.63. The second-order valence-electron chi connectivity index (χ2n) is 6.12. The van der Waals surface area contributed by atoms with E-state index in [1.165, 1.54) is 0 Å². The average Bonchev–Trinajstić information content (AvgIpc) is 3.09. The smallest absolute Gasteiger partial charge is 0.165 e. The van der Waals surface area contributed by atoms with E-state index in [4.69, 9.17) is 14.0 Å². The van der Waals surface area contributed by atoms with Crippen molar-refractivity contribution in [2.75, 3.05) is 41.4 Å². The number of benzene rings is 1. The van der Waals surface area contributed by atoms with Crippen LogP contribution in [0.4, 0.5) is 0 Å². The van der Waals surface area contributed by atoms with Gasteiger partial charge in [-0.2, -0.15) is 0 Å². The molecule has 0 aliphatic heterocycles. The molecule has 0 bridgehead atoms. The van der Waals surface area contributed by atoms with Crippen molar-refractivity contribution in [3.05, 3.63) is 41.8 Å². The highest BCUT2D eigenvalue weighted by atomic mass is 16.5.